The van der Waals surface area contributed by atoms with Crippen LogP contribution in [0.4, 0.5) is 5.69 Å². The number of likely N-dealkylation sites (N-methyl/N-ethyl adjacent to an activating group) is 1. The van der Waals surface area contributed by atoms with Crippen LogP contribution in [0.25, 0.3) is 22.6 Å². The molecule has 25 heavy (non-hydrogen) atoms. The topological polar surface area (TPSA) is 42.3 Å². The van der Waals surface area contributed by atoms with Crippen molar-refractivity contribution >= 4 is 34.1 Å². The fraction of sp³-hybridized carbons (Fsp3) is 0.143. The molecule has 1 aliphatic rings. The molecule has 1 aliphatic heterocycles. The molecule has 2 aromatic carbocycles. The van der Waals surface area contributed by atoms with Crippen LogP contribution in [0.1, 0.15) is 18.1 Å². The number of hydrogen-bond donors (Lipinski definition) is 0. The molecule has 3 aromatic rings. The Morgan fingerprint density at radius 1 is 0.960 bits per heavy atom. The van der Waals surface area contributed by atoms with Gasteiger partial charge < -0.3 is 9.47 Å². The van der Waals surface area contributed by atoms with Crippen molar-refractivity contribution < 1.29 is 4.79 Å². The number of benzene rings is 2. The lowest BCUT2D eigenvalue weighted by atomic mass is 9.99. The Balaban J connectivity index is 2.06. The van der Waals surface area contributed by atoms with Gasteiger partial charge in [-0.2, -0.15) is 0 Å². The average Bonchev–Trinajstić information content (AvgIpc) is 2.87. The smallest absolute Gasteiger partial charge is 0.258 e. The number of aromatic nitrogens is 1. The summed E-state index contributed by atoms with van der Waals surface area (Å²) in [5, 5.41) is 0.929. The zero-order valence-corrected chi connectivity index (χ0v) is 14.2. The van der Waals surface area contributed by atoms with Crippen molar-refractivity contribution in [1.82, 2.24) is 4.57 Å². The molecule has 0 N–H and O–H groups in total. The third-order valence-electron chi connectivity index (χ3n) is 4.74. The maximum absolute atomic E-state index is 12.8. The minimum Gasteiger partial charge on any atom is -0.311 e. The van der Waals surface area contributed by atoms with Gasteiger partial charge in [0.15, 0.2) is 0 Å². The third-order valence-corrected chi connectivity index (χ3v) is 4.74. The summed E-state index contributed by atoms with van der Waals surface area (Å²) in [5.41, 5.74) is 4.25. The molecular formula is C21H18N2O2. The number of carbonyl (C=O) groups excluding carboxylic acids is 1. The Labute approximate surface area is 145 Å². The largest absolute Gasteiger partial charge is 0.311 e. The minimum atomic E-state index is -0.0272. The highest BCUT2D eigenvalue weighted by molar-refractivity contribution is 6.38. The second kappa shape index (κ2) is 5.74. The van der Waals surface area contributed by atoms with Crippen molar-refractivity contribution in [3.05, 3.63) is 76.1 Å². The highest BCUT2D eigenvalue weighted by Crippen LogP contribution is 2.41. The summed E-state index contributed by atoms with van der Waals surface area (Å²) < 4.78 is 1.73. The first-order valence-corrected chi connectivity index (χ1v) is 8.33. The summed E-state index contributed by atoms with van der Waals surface area (Å²) in [4.78, 5) is 26.6. The van der Waals surface area contributed by atoms with E-state index in [1.54, 1.807) is 22.6 Å². The summed E-state index contributed by atoms with van der Waals surface area (Å²) in [7, 11) is 1.79. The number of hydrogen-bond acceptors (Lipinski definition) is 2. The molecule has 0 saturated carbocycles. The number of amides is 1. The predicted octanol–water partition coefficient (Wildman–Crippen LogP) is 3.54. The molecule has 1 aromatic heterocycles. The lowest BCUT2D eigenvalue weighted by Gasteiger charge is -2.12. The summed E-state index contributed by atoms with van der Waals surface area (Å²) >= 11 is 0. The third kappa shape index (κ3) is 2.30. The van der Waals surface area contributed by atoms with Crippen LogP contribution in [0.3, 0.4) is 0 Å². The van der Waals surface area contributed by atoms with Gasteiger partial charge in [0, 0.05) is 30.6 Å². The number of nitrogens with zero attached hydrogens (tertiary/aromatic N) is 2. The quantitative estimate of drug-likeness (QED) is 0.675. The number of pyridine rings is 1. The molecule has 2 heterocycles. The standard InChI is InChI=1S/C21H18N2O2/c1-3-23-17-10-11-18-20(15(17)9-12-19(23)24)16(21(25)22(18)2)13-14-7-5-4-6-8-14/h4-13H,3H2,1-2H3/b16-13+. The van der Waals surface area contributed by atoms with E-state index in [0.29, 0.717) is 12.1 Å². The second-order valence-corrected chi connectivity index (χ2v) is 6.14. The van der Waals surface area contributed by atoms with E-state index in [1.165, 1.54) is 0 Å². The molecule has 4 nitrogen and oxygen atoms in total. The van der Waals surface area contributed by atoms with Gasteiger partial charge in [-0.05, 0) is 36.8 Å². The van der Waals surface area contributed by atoms with Gasteiger partial charge >= 0.3 is 0 Å². The monoisotopic (exact) mass is 330 g/mol. The van der Waals surface area contributed by atoms with Gasteiger partial charge in [-0.15, -0.1) is 0 Å². The zero-order valence-electron chi connectivity index (χ0n) is 14.2. The SMILES string of the molecule is CCn1c(=O)ccc2c3c(ccc21)N(C)C(=O)/C3=C/c1ccccc1. The van der Waals surface area contributed by atoms with E-state index in [2.05, 4.69) is 0 Å². The fourth-order valence-electron chi connectivity index (χ4n) is 3.50. The Morgan fingerprint density at radius 3 is 2.44 bits per heavy atom. The molecular weight excluding hydrogens is 312 g/mol. The molecule has 0 atom stereocenters. The highest BCUT2D eigenvalue weighted by atomic mass is 16.2. The van der Waals surface area contributed by atoms with Crippen LogP contribution < -0.4 is 10.5 Å². The van der Waals surface area contributed by atoms with E-state index in [9.17, 15) is 9.59 Å². The first-order chi connectivity index (χ1) is 12.1. The number of anilines is 1. The van der Waals surface area contributed by atoms with Crippen molar-refractivity contribution in [2.45, 2.75) is 13.5 Å². The molecule has 4 heteroatoms. The molecule has 0 bridgehead atoms. The maximum Gasteiger partial charge on any atom is 0.258 e. The number of fused-ring (bicyclic) bond motifs is 3. The Morgan fingerprint density at radius 2 is 1.72 bits per heavy atom. The fourth-order valence-corrected chi connectivity index (χ4v) is 3.50. The summed E-state index contributed by atoms with van der Waals surface area (Å²) in [5.74, 6) is -0.0272. The Bertz CT molecular complexity index is 1080. The summed E-state index contributed by atoms with van der Waals surface area (Å²) in [6, 6.07) is 17.1. The molecule has 4 rings (SSSR count). The summed E-state index contributed by atoms with van der Waals surface area (Å²) in [6.45, 7) is 2.54. The van der Waals surface area contributed by atoms with Crippen molar-refractivity contribution in [2.75, 3.05) is 11.9 Å². The van der Waals surface area contributed by atoms with Crippen LogP contribution in [0.15, 0.2) is 59.4 Å². The van der Waals surface area contributed by atoms with Crippen molar-refractivity contribution in [3.8, 4) is 0 Å². The van der Waals surface area contributed by atoms with Gasteiger partial charge in [0.05, 0.1) is 16.8 Å². The van der Waals surface area contributed by atoms with Crippen LogP contribution in [-0.4, -0.2) is 17.5 Å². The Hall–Kier alpha value is -3.14. The van der Waals surface area contributed by atoms with Gasteiger partial charge in [-0.1, -0.05) is 30.3 Å². The molecule has 124 valence electrons. The lowest BCUT2D eigenvalue weighted by Crippen LogP contribution is -2.20. The molecule has 0 fully saturated rings. The molecule has 0 aliphatic carbocycles. The van der Waals surface area contributed by atoms with Gasteiger partial charge in [-0.3, -0.25) is 9.59 Å². The van der Waals surface area contributed by atoms with Crippen LogP contribution in [-0.2, 0) is 11.3 Å². The van der Waals surface area contributed by atoms with Gasteiger partial charge in [0.1, 0.15) is 0 Å². The molecule has 1 amide bonds. The number of rotatable bonds is 2. The second-order valence-electron chi connectivity index (χ2n) is 6.14. The number of aryl methyl sites for hydroxylation is 1. The van der Waals surface area contributed by atoms with Crippen LogP contribution in [0, 0.1) is 0 Å². The molecule has 0 saturated heterocycles. The van der Waals surface area contributed by atoms with Crippen LogP contribution in [0.2, 0.25) is 0 Å². The Kier molecular flexibility index (Phi) is 3.53. The van der Waals surface area contributed by atoms with E-state index < -0.39 is 0 Å². The van der Waals surface area contributed by atoms with E-state index in [-0.39, 0.29) is 11.5 Å². The summed E-state index contributed by atoms with van der Waals surface area (Å²) in [6.07, 6.45) is 1.92. The van der Waals surface area contributed by atoms with Gasteiger partial charge in [0.2, 0.25) is 0 Å². The first kappa shape index (κ1) is 15.4. The minimum absolute atomic E-state index is 0.0267. The van der Waals surface area contributed by atoms with Gasteiger partial charge in [-0.25, -0.2) is 0 Å². The lowest BCUT2D eigenvalue weighted by molar-refractivity contribution is -0.112. The van der Waals surface area contributed by atoms with Crippen LogP contribution in [0.5, 0.6) is 0 Å². The first-order valence-electron chi connectivity index (χ1n) is 8.33. The molecule has 0 spiro atoms. The van der Waals surface area contributed by atoms with E-state index in [4.69, 9.17) is 0 Å². The zero-order chi connectivity index (χ0) is 17.6. The highest BCUT2D eigenvalue weighted by Gasteiger charge is 2.31. The van der Waals surface area contributed by atoms with Crippen LogP contribution >= 0.6 is 0 Å². The predicted molar refractivity (Wildman–Crippen MR) is 102 cm³/mol. The van der Waals surface area contributed by atoms with Crippen molar-refractivity contribution in [2.24, 2.45) is 0 Å². The average molecular weight is 330 g/mol. The van der Waals surface area contributed by atoms with E-state index in [1.807, 2.05) is 61.5 Å². The normalized spacial score (nSPS) is 15.2. The van der Waals surface area contributed by atoms with Gasteiger partial charge in [0.25, 0.3) is 11.5 Å². The number of carbonyl (C=O) groups is 1. The van der Waals surface area contributed by atoms with Crippen molar-refractivity contribution in [3.63, 3.8) is 0 Å². The van der Waals surface area contributed by atoms with E-state index in [0.717, 1.165) is 27.7 Å². The van der Waals surface area contributed by atoms with Crippen molar-refractivity contribution in [1.29, 1.82) is 0 Å². The maximum atomic E-state index is 12.8. The molecule has 0 radical (unpaired) electrons. The van der Waals surface area contributed by atoms with E-state index >= 15 is 0 Å². The molecule has 0 unspecified atom stereocenters.